The Morgan fingerprint density at radius 1 is 1.33 bits per heavy atom. The van der Waals surface area contributed by atoms with E-state index in [1.807, 2.05) is 26.8 Å². The lowest BCUT2D eigenvalue weighted by molar-refractivity contribution is 0.102. The van der Waals surface area contributed by atoms with Gasteiger partial charge in [-0.3, -0.25) is 10.1 Å². The summed E-state index contributed by atoms with van der Waals surface area (Å²) in [6.45, 7) is 5.80. The van der Waals surface area contributed by atoms with Crippen molar-refractivity contribution in [3.05, 3.63) is 44.9 Å². The van der Waals surface area contributed by atoms with E-state index in [1.54, 1.807) is 12.1 Å². The van der Waals surface area contributed by atoms with Crippen LogP contribution in [0.2, 0.25) is 5.02 Å². The van der Waals surface area contributed by atoms with Crippen molar-refractivity contribution >= 4 is 34.0 Å². The fourth-order valence-electron chi connectivity index (χ4n) is 1.43. The Morgan fingerprint density at radius 2 is 2.06 bits per heavy atom. The van der Waals surface area contributed by atoms with E-state index >= 15 is 0 Å². The Balaban J connectivity index is 2.19. The molecule has 3 nitrogen and oxygen atoms in total. The molecule has 0 saturated carbocycles. The van der Waals surface area contributed by atoms with Crippen LogP contribution in [0.1, 0.15) is 26.5 Å². The fraction of sp³-hybridized carbons (Fsp3) is 0.231. The first kappa shape index (κ1) is 13.1. The van der Waals surface area contributed by atoms with E-state index < -0.39 is 0 Å². The molecule has 0 atom stereocenters. The van der Waals surface area contributed by atoms with Gasteiger partial charge in [-0.25, -0.2) is 4.98 Å². The minimum Gasteiger partial charge on any atom is -0.298 e. The number of rotatable bonds is 2. The number of thiazole rings is 1. The van der Waals surface area contributed by atoms with Gasteiger partial charge in [-0.05, 0) is 38.5 Å². The molecule has 18 heavy (non-hydrogen) atoms. The number of amides is 1. The summed E-state index contributed by atoms with van der Waals surface area (Å²) in [6, 6.07) is 5.25. The van der Waals surface area contributed by atoms with Gasteiger partial charge in [-0.15, -0.1) is 11.3 Å². The number of halogens is 1. The molecular formula is C13H13ClN2OS. The van der Waals surface area contributed by atoms with Crippen molar-refractivity contribution in [1.82, 2.24) is 4.98 Å². The number of carbonyl (C=O) groups is 1. The normalized spacial score (nSPS) is 10.4. The standard InChI is InChI=1S/C13H13ClN2OS/c1-7-4-5-10(6-11(7)14)12(17)16-13-15-8(2)9(3)18-13/h4-6H,1-3H3,(H,15,16,17). The predicted octanol–water partition coefficient (Wildman–Crippen LogP) is 3.97. The maximum absolute atomic E-state index is 12.0. The molecule has 1 amide bonds. The molecule has 0 bridgehead atoms. The van der Waals surface area contributed by atoms with Gasteiger partial charge in [0.1, 0.15) is 0 Å². The van der Waals surface area contributed by atoms with E-state index in [1.165, 1.54) is 11.3 Å². The third kappa shape index (κ3) is 2.71. The van der Waals surface area contributed by atoms with Gasteiger partial charge in [0.05, 0.1) is 5.69 Å². The lowest BCUT2D eigenvalue weighted by atomic mass is 10.1. The van der Waals surface area contributed by atoms with Gasteiger partial charge in [0.2, 0.25) is 0 Å². The molecule has 0 radical (unpaired) electrons. The van der Waals surface area contributed by atoms with Gasteiger partial charge in [-0.1, -0.05) is 17.7 Å². The van der Waals surface area contributed by atoms with E-state index in [-0.39, 0.29) is 5.91 Å². The Morgan fingerprint density at radius 3 is 2.61 bits per heavy atom. The number of nitrogens with zero attached hydrogens (tertiary/aromatic N) is 1. The molecule has 0 fully saturated rings. The summed E-state index contributed by atoms with van der Waals surface area (Å²) in [5.74, 6) is -0.189. The quantitative estimate of drug-likeness (QED) is 0.904. The van der Waals surface area contributed by atoms with Gasteiger partial charge >= 0.3 is 0 Å². The maximum atomic E-state index is 12.0. The van der Waals surface area contributed by atoms with Crippen LogP contribution in [0.4, 0.5) is 5.13 Å². The highest BCUT2D eigenvalue weighted by atomic mass is 35.5. The summed E-state index contributed by atoms with van der Waals surface area (Å²) in [7, 11) is 0. The predicted molar refractivity (Wildman–Crippen MR) is 75.7 cm³/mol. The van der Waals surface area contributed by atoms with Gasteiger partial charge in [0, 0.05) is 15.5 Å². The molecule has 0 unspecified atom stereocenters. The van der Waals surface area contributed by atoms with Crippen molar-refractivity contribution in [3.8, 4) is 0 Å². The van der Waals surface area contributed by atoms with Crippen LogP contribution < -0.4 is 5.32 Å². The van der Waals surface area contributed by atoms with Crippen LogP contribution in [-0.4, -0.2) is 10.9 Å². The number of nitrogens with one attached hydrogen (secondary N) is 1. The first-order valence-electron chi connectivity index (χ1n) is 5.49. The minimum absolute atomic E-state index is 0.189. The van der Waals surface area contributed by atoms with E-state index in [2.05, 4.69) is 10.3 Å². The largest absolute Gasteiger partial charge is 0.298 e. The average molecular weight is 281 g/mol. The number of benzene rings is 1. The van der Waals surface area contributed by atoms with E-state index in [0.717, 1.165) is 16.1 Å². The second kappa shape index (κ2) is 5.08. The monoisotopic (exact) mass is 280 g/mol. The lowest BCUT2D eigenvalue weighted by Crippen LogP contribution is -2.11. The molecular weight excluding hydrogens is 268 g/mol. The first-order valence-corrected chi connectivity index (χ1v) is 6.68. The van der Waals surface area contributed by atoms with Crippen LogP contribution >= 0.6 is 22.9 Å². The van der Waals surface area contributed by atoms with E-state index in [4.69, 9.17) is 11.6 Å². The number of carbonyl (C=O) groups excluding carboxylic acids is 1. The SMILES string of the molecule is Cc1ccc(C(=O)Nc2nc(C)c(C)s2)cc1Cl. The van der Waals surface area contributed by atoms with Gasteiger partial charge in [0.15, 0.2) is 5.13 Å². The second-order valence-corrected chi connectivity index (χ2v) is 5.69. The van der Waals surface area contributed by atoms with E-state index in [0.29, 0.717) is 15.7 Å². The highest BCUT2D eigenvalue weighted by molar-refractivity contribution is 7.15. The van der Waals surface area contributed by atoms with Gasteiger partial charge in [0.25, 0.3) is 5.91 Å². The summed E-state index contributed by atoms with van der Waals surface area (Å²) >= 11 is 7.47. The zero-order chi connectivity index (χ0) is 13.3. The summed E-state index contributed by atoms with van der Waals surface area (Å²) in [4.78, 5) is 17.4. The van der Waals surface area contributed by atoms with Crippen molar-refractivity contribution in [2.75, 3.05) is 5.32 Å². The van der Waals surface area contributed by atoms with Crippen molar-refractivity contribution in [2.24, 2.45) is 0 Å². The van der Waals surface area contributed by atoms with Crippen molar-refractivity contribution in [2.45, 2.75) is 20.8 Å². The Kier molecular flexibility index (Phi) is 3.68. The molecule has 5 heteroatoms. The van der Waals surface area contributed by atoms with Crippen molar-refractivity contribution < 1.29 is 4.79 Å². The van der Waals surface area contributed by atoms with Crippen LogP contribution in [-0.2, 0) is 0 Å². The van der Waals surface area contributed by atoms with Gasteiger partial charge in [-0.2, -0.15) is 0 Å². The number of aromatic nitrogens is 1. The lowest BCUT2D eigenvalue weighted by Gasteiger charge is -2.03. The zero-order valence-corrected chi connectivity index (χ0v) is 11.9. The van der Waals surface area contributed by atoms with Gasteiger partial charge < -0.3 is 0 Å². The molecule has 1 N–H and O–H groups in total. The summed E-state index contributed by atoms with van der Waals surface area (Å²) in [5, 5.41) is 3.99. The van der Waals surface area contributed by atoms with Crippen molar-refractivity contribution in [3.63, 3.8) is 0 Å². The Bertz CT molecular complexity index is 588. The number of hydrogen-bond acceptors (Lipinski definition) is 3. The molecule has 0 aliphatic carbocycles. The molecule has 0 saturated heterocycles. The molecule has 0 aliphatic heterocycles. The summed E-state index contributed by atoms with van der Waals surface area (Å²) < 4.78 is 0. The summed E-state index contributed by atoms with van der Waals surface area (Å²) in [5.41, 5.74) is 2.43. The number of aryl methyl sites for hydroxylation is 3. The van der Waals surface area contributed by atoms with Crippen LogP contribution in [0.3, 0.4) is 0 Å². The Hall–Kier alpha value is -1.39. The molecule has 2 rings (SSSR count). The Labute approximate surface area is 115 Å². The maximum Gasteiger partial charge on any atom is 0.257 e. The highest BCUT2D eigenvalue weighted by Crippen LogP contribution is 2.22. The minimum atomic E-state index is -0.189. The highest BCUT2D eigenvalue weighted by Gasteiger charge is 2.10. The zero-order valence-electron chi connectivity index (χ0n) is 10.4. The number of hydrogen-bond donors (Lipinski definition) is 1. The van der Waals surface area contributed by atoms with Crippen LogP contribution in [0.5, 0.6) is 0 Å². The van der Waals surface area contributed by atoms with Crippen molar-refractivity contribution in [1.29, 1.82) is 0 Å². The first-order chi connectivity index (χ1) is 8.47. The smallest absolute Gasteiger partial charge is 0.257 e. The van der Waals surface area contributed by atoms with E-state index in [9.17, 15) is 4.79 Å². The molecule has 0 spiro atoms. The molecule has 1 aromatic carbocycles. The molecule has 1 heterocycles. The number of anilines is 1. The third-order valence-corrected chi connectivity index (χ3v) is 4.08. The van der Waals surface area contributed by atoms with Crippen LogP contribution in [0, 0.1) is 20.8 Å². The third-order valence-electron chi connectivity index (χ3n) is 2.68. The molecule has 0 aliphatic rings. The average Bonchev–Trinajstić information content (AvgIpc) is 2.61. The molecule has 1 aromatic heterocycles. The summed E-state index contributed by atoms with van der Waals surface area (Å²) in [6.07, 6.45) is 0. The fourth-order valence-corrected chi connectivity index (χ4v) is 2.42. The van der Waals surface area contributed by atoms with Crippen LogP contribution in [0.25, 0.3) is 0 Å². The molecule has 2 aromatic rings. The second-order valence-electron chi connectivity index (χ2n) is 4.08. The van der Waals surface area contributed by atoms with Crippen LogP contribution in [0.15, 0.2) is 18.2 Å². The molecule has 94 valence electrons. The topological polar surface area (TPSA) is 42.0 Å².